The van der Waals surface area contributed by atoms with Crippen molar-refractivity contribution in [3.63, 3.8) is 0 Å². The Balaban J connectivity index is 2.78. The van der Waals surface area contributed by atoms with Crippen LogP contribution in [0.2, 0.25) is 0 Å². The van der Waals surface area contributed by atoms with Crippen molar-refractivity contribution < 1.29 is 14.4 Å². The molecule has 16 heavy (non-hydrogen) atoms. The van der Waals surface area contributed by atoms with Crippen molar-refractivity contribution in [2.45, 2.75) is 0 Å². The first-order chi connectivity index (χ1) is 7.54. The minimum absolute atomic E-state index is 0.0220. The topological polar surface area (TPSA) is 78.9 Å². The second kappa shape index (κ2) is 5.11. The van der Waals surface area contributed by atoms with Crippen molar-refractivity contribution in [1.82, 2.24) is 4.90 Å². The average Bonchev–Trinajstić information content (AvgIpc) is 2.27. The maximum absolute atomic E-state index is 12.9. The molecule has 0 radical (unpaired) electrons. The van der Waals surface area contributed by atoms with Crippen LogP contribution in [0.15, 0.2) is 29.4 Å². The number of hydrogen-bond acceptors (Lipinski definition) is 3. The number of rotatable bonds is 3. The maximum atomic E-state index is 12.9. The minimum Gasteiger partial charge on any atom is -0.409 e. The Morgan fingerprint density at radius 3 is 2.88 bits per heavy atom. The average molecular weight is 225 g/mol. The van der Waals surface area contributed by atoms with E-state index in [4.69, 9.17) is 10.9 Å². The summed E-state index contributed by atoms with van der Waals surface area (Å²) in [5, 5.41) is 11.1. The predicted molar refractivity (Wildman–Crippen MR) is 56.8 cm³/mol. The molecule has 0 saturated heterocycles. The number of halogens is 1. The van der Waals surface area contributed by atoms with E-state index in [1.54, 1.807) is 0 Å². The molecule has 0 aliphatic carbocycles. The van der Waals surface area contributed by atoms with E-state index in [0.717, 1.165) is 6.07 Å². The van der Waals surface area contributed by atoms with Crippen LogP contribution in [-0.4, -0.2) is 35.4 Å². The molecule has 0 aliphatic heterocycles. The van der Waals surface area contributed by atoms with E-state index < -0.39 is 11.7 Å². The molecule has 5 nitrogen and oxygen atoms in total. The van der Waals surface area contributed by atoms with E-state index >= 15 is 0 Å². The molecule has 6 heteroatoms. The molecule has 1 rings (SSSR count). The second-order valence-electron chi connectivity index (χ2n) is 3.26. The first kappa shape index (κ1) is 12.0. The molecule has 1 aromatic carbocycles. The first-order valence-corrected chi connectivity index (χ1v) is 4.52. The Kier molecular flexibility index (Phi) is 3.82. The monoisotopic (exact) mass is 225 g/mol. The van der Waals surface area contributed by atoms with E-state index in [0.29, 0.717) is 0 Å². The van der Waals surface area contributed by atoms with E-state index in [2.05, 4.69) is 5.16 Å². The van der Waals surface area contributed by atoms with Crippen LogP contribution in [-0.2, 0) is 0 Å². The van der Waals surface area contributed by atoms with Gasteiger partial charge in [-0.15, -0.1) is 0 Å². The van der Waals surface area contributed by atoms with Crippen molar-refractivity contribution in [2.75, 3.05) is 13.6 Å². The van der Waals surface area contributed by atoms with Crippen LogP contribution in [0.3, 0.4) is 0 Å². The van der Waals surface area contributed by atoms with E-state index in [9.17, 15) is 9.18 Å². The van der Waals surface area contributed by atoms with Gasteiger partial charge in [-0.3, -0.25) is 4.79 Å². The van der Waals surface area contributed by atoms with Gasteiger partial charge in [0.15, 0.2) is 5.84 Å². The van der Waals surface area contributed by atoms with Gasteiger partial charge in [-0.1, -0.05) is 11.2 Å². The third kappa shape index (κ3) is 2.94. The molecule has 0 saturated carbocycles. The van der Waals surface area contributed by atoms with Gasteiger partial charge in [-0.05, 0) is 18.2 Å². The summed E-state index contributed by atoms with van der Waals surface area (Å²) in [5.41, 5.74) is 5.47. The SMILES string of the molecule is CN(CC(N)=NO)C(=O)c1cccc(F)c1. The summed E-state index contributed by atoms with van der Waals surface area (Å²) in [6.45, 7) is -0.0220. The van der Waals surface area contributed by atoms with E-state index in [1.165, 1.54) is 30.1 Å². The van der Waals surface area contributed by atoms with Gasteiger partial charge in [0.2, 0.25) is 0 Å². The van der Waals surface area contributed by atoms with Crippen LogP contribution in [0.4, 0.5) is 4.39 Å². The third-order valence-electron chi connectivity index (χ3n) is 1.95. The summed E-state index contributed by atoms with van der Waals surface area (Å²) in [5.74, 6) is -0.971. The number of benzene rings is 1. The molecule has 0 aliphatic rings. The van der Waals surface area contributed by atoms with Gasteiger partial charge < -0.3 is 15.8 Å². The van der Waals surface area contributed by atoms with Crippen molar-refractivity contribution in [1.29, 1.82) is 0 Å². The molecule has 3 N–H and O–H groups in total. The number of oxime groups is 1. The largest absolute Gasteiger partial charge is 0.409 e. The quantitative estimate of drug-likeness (QED) is 0.343. The Hall–Kier alpha value is -2.11. The van der Waals surface area contributed by atoms with Gasteiger partial charge >= 0.3 is 0 Å². The highest BCUT2D eigenvalue weighted by Gasteiger charge is 2.13. The predicted octanol–water partition coefficient (Wildman–Crippen LogP) is 0.644. The zero-order valence-electron chi connectivity index (χ0n) is 8.72. The minimum atomic E-state index is -0.483. The van der Waals surface area contributed by atoms with Gasteiger partial charge in [0, 0.05) is 12.6 Å². The lowest BCUT2D eigenvalue weighted by Gasteiger charge is -2.15. The zero-order chi connectivity index (χ0) is 12.1. The molecule has 86 valence electrons. The summed E-state index contributed by atoms with van der Waals surface area (Å²) in [4.78, 5) is 12.9. The normalized spacial score (nSPS) is 11.2. The fourth-order valence-corrected chi connectivity index (χ4v) is 1.19. The van der Waals surface area contributed by atoms with Crippen LogP contribution in [0.1, 0.15) is 10.4 Å². The summed E-state index contributed by atoms with van der Waals surface area (Å²) in [7, 11) is 1.48. The fraction of sp³-hybridized carbons (Fsp3) is 0.200. The van der Waals surface area contributed by atoms with Gasteiger partial charge in [-0.25, -0.2) is 4.39 Å². The molecule has 0 aromatic heterocycles. The smallest absolute Gasteiger partial charge is 0.254 e. The molecule has 1 amide bonds. The van der Waals surface area contributed by atoms with E-state index in [-0.39, 0.29) is 17.9 Å². The van der Waals surface area contributed by atoms with Crippen molar-refractivity contribution in [3.05, 3.63) is 35.6 Å². The number of carbonyl (C=O) groups is 1. The standard InChI is InChI=1S/C10H12FN3O2/c1-14(6-9(12)13-16)10(15)7-3-2-4-8(11)5-7/h2-5,16H,6H2,1H3,(H2,12,13). The number of nitrogens with two attached hydrogens (primary N) is 1. The highest BCUT2D eigenvalue weighted by Crippen LogP contribution is 2.06. The Morgan fingerprint density at radius 2 is 2.31 bits per heavy atom. The summed E-state index contributed by atoms with van der Waals surface area (Å²) < 4.78 is 12.9. The number of amides is 1. The van der Waals surface area contributed by atoms with Crippen LogP contribution >= 0.6 is 0 Å². The fourth-order valence-electron chi connectivity index (χ4n) is 1.19. The van der Waals surface area contributed by atoms with Gasteiger partial charge in [0.05, 0.1) is 6.54 Å². The molecule has 0 unspecified atom stereocenters. The number of likely N-dealkylation sites (N-methyl/N-ethyl adjacent to an activating group) is 1. The molecular formula is C10H12FN3O2. The lowest BCUT2D eigenvalue weighted by molar-refractivity contribution is 0.0813. The maximum Gasteiger partial charge on any atom is 0.254 e. The Labute approximate surface area is 92.0 Å². The zero-order valence-corrected chi connectivity index (χ0v) is 8.72. The van der Waals surface area contributed by atoms with Crippen molar-refractivity contribution in [3.8, 4) is 0 Å². The molecule has 0 atom stereocenters. The van der Waals surface area contributed by atoms with Gasteiger partial charge in [0.1, 0.15) is 5.82 Å². The molecule has 0 fully saturated rings. The van der Waals surface area contributed by atoms with Crippen molar-refractivity contribution >= 4 is 11.7 Å². The highest BCUT2D eigenvalue weighted by molar-refractivity contribution is 5.96. The van der Waals surface area contributed by atoms with Gasteiger partial charge in [0.25, 0.3) is 5.91 Å². The molecule has 1 aromatic rings. The molecule has 0 spiro atoms. The second-order valence-corrected chi connectivity index (χ2v) is 3.26. The Bertz CT molecular complexity index is 420. The number of carbonyl (C=O) groups excluding carboxylic acids is 1. The lowest BCUT2D eigenvalue weighted by atomic mass is 10.2. The number of hydrogen-bond donors (Lipinski definition) is 2. The molecule has 0 heterocycles. The van der Waals surface area contributed by atoms with Gasteiger partial charge in [-0.2, -0.15) is 0 Å². The Morgan fingerprint density at radius 1 is 1.62 bits per heavy atom. The summed E-state index contributed by atoms with van der Waals surface area (Å²) in [6, 6.07) is 5.32. The number of nitrogens with zero attached hydrogens (tertiary/aromatic N) is 2. The number of amidine groups is 1. The van der Waals surface area contributed by atoms with E-state index in [1.807, 2.05) is 0 Å². The summed E-state index contributed by atoms with van der Waals surface area (Å²) >= 11 is 0. The van der Waals surface area contributed by atoms with Crippen LogP contribution in [0.25, 0.3) is 0 Å². The van der Waals surface area contributed by atoms with Crippen LogP contribution in [0, 0.1) is 5.82 Å². The summed E-state index contributed by atoms with van der Waals surface area (Å²) in [6.07, 6.45) is 0. The molecule has 0 bridgehead atoms. The molecular weight excluding hydrogens is 213 g/mol. The lowest BCUT2D eigenvalue weighted by Crippen LogP contribution is -2.35. The van der Waals surface area contributed by atoms with Crippen LogP contribution < -0.4 is 5.73 Å². The first-order valence-electron chi connectivity index (χ1n) is 4.52. The third-order valence-corrected chi connectivity index (χ3v) is 1.95. The highest BCUT2D eigenvalue weighted by atomic mass is 19.1. The van der Waals surface area contributed by atoms with Crippen LogP contribution in [0.5, 0.6) is 0 Å². The van der Waals surface area contributed by atoms with Crippen molar-refractivity contribution in [2.24, 2.45) is 10.9 Å².